The van der Waals surface area contributed by atoms with E-state index in [1.165, 1.54) is 21.3 Å². The minimum Gasteiger partial charge on any atom is -0.493 e. The van der Waals surface area contributed by atoms with E-state index in [4.69, 9.17) is 14.2 Å². The van der Waals surface area contributed by atoms with Gasteiger partial charge in [0, 0.05) is 43.2 Å². The number of benzene rings is 1. The Balaban J connectivity index is 2.22. The zero-order valence-corrected chi connectivity index (χ0v) is 16.5. The van der Waals surface area contributed by atoms with Gasteiger partial charge in [-0.25, -0.2) is 4.98 Å². The molecule has 0 aliphatic rings. The summed E-state index contributed by atoms with van der Waals surface area (Å²) < 4.78 is 15.9. The largest absolute Gasteiger partial charge is 0.493 e. The fourth-order valence-corrected chi connectivity index (χ4v) is 2.63. The van der Waals surface area contributed by atoms with Gasteiger partial charge in [-0.1, -0.05) is 13.3 Å². The number of unbranched alkanes of at least 4 members (excludes halogenated alkanes) is 1. The van der Waals surface area contributed by atoms with Crippen molar-refractivity contribution in [3.05, 3.63) is 36.0 Å². The fraction of sp³-hybridized carbons (Fsp3) is 0.400. The van der Waals surface area contributed by atoms with Gasteiger partial charge in [0.2, 0.25) is 5.75 Å². The van der Waals surface area contributed by atoms with Crippen molar-refractivity contribution in [2.75, 3.05) is 45.1 Å². The van der Waals surface area contributed by atoms with Gasteiger partial charge in [-0.15, -0.1) is 0 Å². The Morgan fingerprint density at radius 1 is 1.11 bits per heavy atom. The molecule has 0 atom stereocenters. The Hall–Kier alpha value is -2.96. The molecule has 146 valence electrons. The van der Waals surface area contributed by atoms with Crippen LogP contribution in [0.25, 0.3) is 0 Å². The molecular weight excluding hydrogens is 346 g/mol. The number of ether oxygens (including phenoxy) is 3. The van der Waals surface area contributed by atoms with E-state index >= 15 is 0 Å². The smallest absolute Gasteiger partial charge is 0.255 e. The maximum atomic E-state index is 12.7. The van der Waals surface area contributed by atoms with E-state index in [0.717, 1.165) is 25.2 Å². The third kappa shape index (κ3) is 5.03. The molecule has 1 N–H and O–H groups in total. The van der Waals surface area contributed by atoms with Crippen molar-refractivity contribution in [1.82, 2.24) is 4.98 Å². The van der Waals surface area contributed by atoms with Crippen LogP contribution in [0.15, 0.2) is 30.5 Å². The van der Waals surface area contributed by atoms with Crippen molar-refractivity contribution in [3.8, 4) is 17.2 Å². The van der Waals surface area contributed by atoms with Crippen LogP contribution in [0.5, 0.6) is 17.2 Å². The molecule has 0 bridgehead atoms. The third-order valence-corrected chi connectivity index (χ3v) is 4.17. The number of methoxy groups -OCH3 is 3. The average Bonchev–Trinajstić information content (AvgIpc) is 2.71. The van der Waals surface area contributed by atoms with Crippen molar-refractivity contribution in [3.63, 3.8) is 0 Å². The molecule has 0 unspecified atom stereocenters. The van der Waals surface area contributed by atoms with Crippen LogP contribution in [-0.4, -0.2) is 45.8 Å². The highest BCUT2D eigenvalue weighted by Crippen LogP contribution is 2.40. The van der Waals surface area contributed by atoms with E-state index in [-0.39, 0.29) is 5.91 Å². The SMILES string of the molecule is CCCCN(C)c1cc(C(=O)Nc2cc(OC)c(OC)c(OC)c2)ccn1. The van der Waals surface area contributed by atoms with Gasteiger partial charge in [-0.2, -0.15) is 0 Å². The summed E-state index contributed by atoms with van der Waals surface area (Å²) in [6, 6.07) is 6.84. The standard InChI is InChI=1S/C20H27N3O4/c1-6-7-10-23(2)18-11-14(8-9-21-18)20(24)22-15-12-16(25-3)19(27-5)17(13-15)26-4/h8-9,11-13H,6-7,10H2,1-5H3,(H,22,24). The van der Waals surface area contributed by atoms with E-state index in [2.05, 4.69) is 17.2 Å². The summed E-state index contributed by atoms with van der Waals surface area (Å²) in [5.41, 5.74) is 1.07. The highest BCUT2D eigenvalue weighted by Gasteiger charge is 2.16. The molecule has 1 amide bonds. The lowest BCUT2D eigenvalue weighted by molar-refractivity contribution is 0.102. The molecule has 1 heterocycles. The minimum absolute atomic E-state index is 0.239. The van der Waals surface area contributed by atoms with E-state index in [1.54, 1.807) is 30.5 Å². The highest BCUT2D eigenvalue weighted by atomic mass is 16.5. The molecule has 7 nitrogen and oxygen atoms in total. The number of nitrogens with one attached hydrogen (secondary N) is 1. The van der Waals surface area contributed by atoms with E-state index in [9.17, 15) is 4.79 Å². The summed E-state index contributed by atoms with van der Waals surface area (Å²) in [6.07, 6.45) is 3.81. The number of hydrogen-bond donors (Lipinski definition) is 1. The predicted molar refractivity (Wildman–Crippen MR) is 106 cm³/mol. The zero-order chi connectivity index (χ0) is 19.8. The van der Waals surface area contributed by atoms with Crippen LogP contribution in [0.2, 0.25) is 0 Å². The van der Waals surface area contributed by atoms with Crippen LogP contribution < -0.4 is 24.4 Å². The molecule has 0 saturated heterocycles. The molecule has 0 radical (unpaired) electrons. The van der Waals surface area contributed by atoms with E-state index < -0.39 is 0 Å². The molecule has 1 aromatic carbocycles. The lowest BCUT2D eigenvalue weighted by Crippen LogP contribution is -2.20. The average molecular weight is 373 g/mol. The number of amides is 1. The Bertz CT molecular complexity index is 755. The number of nitrogens with zero attached hydrogens (tertiary/aromatic N) is 2. The molecule has 0 spiro atoms. The van der Waals surface area contributed by atoms with Crippen molar-refractivity contribution in [2.24, 2.45) is 0 Å². The molecule has 0 aliphatic heterocycles. The first kappa shape index (κ1) is 20.4. The number of anilines is 2. The monoisotopic (exact) mass is 373 g/mol. The first-order valence-corrected chi connectivity index (χ1v) is 8.82. The molecule has 7 heteroatoms. The predicted octanol–water partition coefficient (Wildman–Crippen LogP) is 3.60. The van der Waals surface area contributed by atoms with Gasteiger partial charge in [0.15, 0.2) is 11.5 Å². The normalized spacial score (nSPS) is 10.3. The lowest BCUT2D eigenvalue weighted by Gasteiger charge is -2.18. The van der Waals surface area contributed by atoms with Crippen LogP contribution in [0.3, 0.4) is 0 Å². The van der Waals surface area contributed by atoms with Gasteiger partial charge in [-0.3, -0.25) is 4.79 Å². The van der Waals surface area contributed by atoms with Gasteiger partial charge < -0.3 is 24.4 Å². The maximum Gasteiger partial charge on any atom is 0.255 e. The van der Waals surface area contributed by atoms with Gasteiger partial charge in [-0.05, 0) is 18.6 Å². The molecule has 2 rings (SSSR count). The fourth-order valence-electron chi connectivity index (χ4n) is 2.63. The molecule has 2 aromatic rings. The second kappa shape index (κ2) is 9.66. The number of carbonyl (C=O) groups is 1. The van der Waals surface area contributed by atoms with Crippen LogP contribution in [-0.2, 0) is 0 Å². The molecule has 0 aliphatic carbocycles. The molecule has 27 heavy (non-hydrogen) atoms. The maximum absolute atomic E-state index is 12.7. The van der Waals surface area contributed by atoms with E-state index in [1.807, 2.05) is 11.9 Å². The van der Waals surface area contributed by atoms with Crippen molar-refractivity contribution < 1.29 is 19.0 Å². The van der Waals surface area contributed by atoms with Crippen LogP contribution in [0, 0.1) is 0 Å². The molecular formula is C20H27N3O4. The summed E-state index contributed by atoms with van der Waals surface area (Å²) in [7, 11) is 6.57. The van der Waals surface area contributed by atoms with Crippen molar-refractivity contribution in [2.45, 2.75) is 19.8 Å². The summed E-state index contributed by atoms with van der Waals surface area (Å²) in [6.45, 7) is 3.03. The highest BCUT2D eigenvalue weighted by molar-refractivity contribution is 6.05. The van der Waals surface area contributed by atoms with E-state index in [0.29, 0.717) is 28.5 Å². The van der Waals surface area contributed by atoms with Gasteiger partial charge in [0.25, 0.3) is 5.91 Å². The summed E-state index contributed by atoms with van der Waals surface area (Å²) in [4.78, 5) is 19.1. The summed E-state index contributed by atoms with van der Waals surface area (Å²) in [5.74, 6) is 1.95. The number of rotatable bonds is 9. The van der Waals surface area contributed by atoms with Gasteiger partial charge in [0.05, 0.1) is 21.3 Å². The molecule has 1 aromatic heterocycles. The van der Waals surface area contributed by atoms with Crippen LogP contribution >= 0.6 is 0 Å². The second-order valence-electron chi connectivity index (χ2n) is 6.05. The Morgan fingerprint density at radius 3 is 2.33 bits per heavy atom. The quantitative estimate of drug-likeness (QED) is 0.724. The Labute approximate surface area is 160 Å². The first-order valence-electron chi connectivity index (χ1n) is 8.82. The van der Waals surface area contributed by atoms with Crippen molar-refractivity contribution >= 4 is 17.4 Å². The van der Waals surface area contributed by atoms with Crippen LogP contribution in [0.1, 0.15) is 30.1 Å². The topological polar surface area (TPSA) is 72.9 Å². The second-order valence-corrected chi connectivity index (χ2v) is 6.05. The Morgan fingerprint density at radius 2 is 1.78 bits per heavy atom. The molecule has 0 fully saturated rings. The minimum atomic E-state index is -0.239. The van der Waals surface area contributed by atoms with Gasteiger partial charge >= 0.3 is 0 Å². The first-order chi connectivity index (χ1) is 13.0. The Kier molecular flexibility index (Phi) is 7.28. The zero-order valence-electron chi connectivity index (χ0n) is 16.5. The van der Waals surface area contributed by atoms with Crippen molar-refractivity contribution in [1.29, 1.82) is 0 Å². The lowest BCUT2D eigenvalue weighted by atomic mass is 10.2. The summed E-state index contributed by atoms with van der Waals surface area (Å²) in [5, 5.41) is 2.87. The number of carbonyl (C=O) groups excluding carboxylic acids is 1. The van der Waals surface area contributed by atoms with Gasteiger partial charge in [0.1, 0.15) is 5.82 Å². The number of aromatic nitrogens is 1. The number of pyridine rings is 1. The van der Waals surface area contributed by atoms with Crippen LogP contribution in [0.4, 0.5) is 11.5 Å². The molecule has 0 saturated carbocycles. The third-order valence-electron chi connectivity index (χ3n) is 4.17. The number of hydrogen-bond acceptors (Lipinski definition) is 6. The summed E-state index contributed by atoms with van der Waals surface area (Å²) >= 11 is 0.